The van der Waals surface area contributed by atoms with Gasteiger partial charge in [-0.25, -0.2) is 4.99 Å². The van der Waals surface area contributed by atoms with Gasteiger partial charge in [-0.1, -0.05) is 53.8 Å². The Morgan fingerprint density at radius 1 is 1.11 bits per heavy atom. The standard InChI is InChI=1S/C30H36F3N7O3S/c1-19(36-28(43)30(31,32)33)22-11-7-10-21(16-22)18-25(41)37-24(35)15-14-23(34)12-5-6-13-27-39-40-29(44-27)38-26(42)17-20-8-3-2-4-9-20/h3,7-11,16,19,34H,2,4-6,12-15,17-18H2,1H3,(H,36,43)(H2,35,37,41)(H,38,40,42). The number of halogens is 3. The molecule has 44 heavy (non-hydrogen) atoms. The van der Waals surface area contributed by atoms with Crippen LogP contribution in [-0.4, -0.2) is 45.6 Å². The summed E-state index contributed by atoms with van der Waals surface area (Å²) in [6, 6.07) is 5.40. The van der Waals surface area contributed by atoms with Gasteiger partial charge in [-0.2, -0.15) is 13.2 Å². The third-order valence-corrected chi connectivity index (χ3v) is 7.53. The van der Waals surface area contributed by atoms with Crippen LogP contribution in [0.2, 0.25) is 0 Å². The van der Waals surface area contributed by atoms with Crippen LogP contribution >= 0.6 is 11.3 Å². The molecule has 1 aliphatic carbocycles. The first-order valence-electron chi connectivity index (χ1n) is 14.3. The summed E-state index contributed by atoms with van der Waals surface area (Å²) < 4.78 is 37.6. The molecule has 1 unspecified atom stereocenters. The van der Waals surface area contributed by atoms with E-state index in [4.69, 9.17) is 11.1 Å². The van der Waals surface area contributed by atoms with Crippen molar-refractivity contribution in [3.05, 3.63) is 64.2 Å². The van der Waals surface area contributed by atoms with Crippen LogP contribution in [0.4, 0.5) is 18.3 Å². The van der Waals surface area contributed by atoms with Crippen molar-refractivity contribution in [2.45, 2.75) is 83.4 Å². The number of hydrogen-bond donors (Lipinski definition) is 4. The second kappa shape index (κ2) is 16.6. The largest absolute Gasteiger partial charge is 0.471 e. The normalized spacial score (nSPS) is 14.1. The molecule has 0 aliphatic heterocycles. The molecule has 0 saturated heterocycles. The topological polar surface area (TPSA) is 163 Å². The van der Waals surface area contributed by atoms with E-state index in [0.717, 1.165) is 36.3 Å². The average Bonchev–Trinajstić information content (AvgIpc) is 3.41. The van der Waals surface area contributed by atoms with E-state index < -0.39 is 24.0 Å². The van der Waals surface area contributed by atoms with Gasteiger partial charge in [-0.3, -0.25) is 14.4 Å². The van der Waals surface area contributed by atoms with E-state index in [1.807, 2.05) is 11.4 Å². The van der Waals surface area contributed by atoms with E-state index in [1.165, 1.54) is 24.3 Å². The molecule has 0 bridgehead atoms. The summed E-state index contributed by atoms with van der Waals surface area (Å²) in [4.78, 5) is 39.7. The van der Waals surface area contributed by atoms with E-state index in [1.54, 1.807) is 18.2 Å². The lowest BCUT2D eigenvalue weighted by atomic mass is 10.0. The predicted molar refractivity (Wildman–Crippen MR) is 164 cm³/mol. The fraction of sp³-hybridized carbons (Fsp3) is 0.433. The number of nitrogens with two attached hydrogens (primary N) is 1. The number of rotatable bonds is 15. The molecular formula is C30H36F3N7O3S. The molecule has 1 aliphatic rings. The molecule has 1 heterocycles. The Kier molecular flexibility index (Phi) is 12.9. The van der Waals surface area contributed by atoms with Crippen LogP contribution in [0, 0.1) is 5.41 Å². The minimum Gasteiger partial charge on any atom is -0.387 e. The van der Waals surface area contributed by atoms with Crippen molar-refractivity contribution in [3.63, 3.8) is 0 Å². The summed E-state index contributed by atoms with van der Waals surface area (Å²) in [6.45, 7) is 1.42. The number of carbonyl (C=O) groups is 3. The molecule has 1 aromatic heterocycles. The highest BCUT2D eigenvalue weighted by Gasteiger charge is 2.39. The number of amidine groups is 1. The number of nitrogens with one attached hydrogen (secondary N) is 3. The van der Waals surface area contributed by atoms with Gasteiger partial charge in [0.2, 0.25) is 11.0 Å². The number of anilines is 1. The van der Waals surface area contributed by atoms with Gasteiger partial charge >= 0.3 is 12.1 Å². The molecule has 10 nitrogen and oxygen atoms in total. The lowest BCUT2D eigenvalue weighted by molar-refractivity contribution is -0.174. The van der Waals surface area contributed by atoms with Gasteiger partial charge in [0.1, 0.15) is 10.8 Å². The number of unbranched alkanes of at least 4 members (excludes halogenated alkanes) is 1. The molecule has 0 saturated carbocycles. The monoisotopic (exact) mass is 631 g/mol. The predicted octanol–water partition coefficient (Wildman–Crippen LogP) is 5.52. The maximum Gasteiger partial charge on any atom is 0.471 e. The van der Waals surface area contributed by atoms with Gasteiger partial charge in [0.25, 0.3) is 5.91 Å². The molecule has 3 rings (SSSR count). The molecule has 0 spiro atoms. The Balaban J connectivity index is 1.33. The molecule has 14 heteroatoms. The van der Waals surface area contributed by atoms with E-state index in [2.05, 4.69) is 32.7 Å². The molecule has 1 atom stereocenters. The zero-order valence-corrected chi connectivity index (χ0v) is 25.2. The van der Waals surface area contributed by atoms with Crippen molar-refractivity contribution >= 4 is 45.7 Å². The first-order chi connectivity index (χ1) is 20.9. The van der Waals surface area contributed by atoms with Crippen molar-refractivity contribution in [3.8, 4) is 0 Å². The van der Waals surface area contributed by atoms with Crippen LogP contribution in [0.15, 0.2) is 53.1 Å². The van der Waals surface area contributed by atoms with E-state index in [-0.39, 0.29) is 24.6 Å². The zero-order chi connectivity index (χ0) is 32.1. The molecular weight excluding hydrogens is 595 g/mol. The van der Waals surface area contributed by atoms with Crippen LogP contribution in [-0.2, 0) is 27.2 Å². The van der Waals surface area contributed by atoms with Gasteiger partial charge in [-0.15, -0.1) is 10.2 Å². The number of amides is 3. The quantitative estimate of drug-likeness (QED) is 0.115. The highest BCUT2D eigenvalue weighted by molar-refractivity contribution is 7.15. The highest BCUT2D eigenvalue weighted by Crippen LogP contribution is 2.21. The smallest absolute Gasteiger partial charge is 0.387 e. The average molecular weight is 632 g/mol. The third kappa shape index (κ3) is 12.2. The van der Waals surface area contributed by atoms with Crippen LogP contribution in [0.1, 0.15) is 80.5 Å². The zero-order valence-electron chi connectivity index (χ0n) is 24.4. The van der Waals surface area contributed by atoms with Gasteiger partial charge in [0.05, 0.1) is 18.9 Å². The van der Waals surface area contributed by atoms with Crippen molar-refractivity contribution in [1.82, 2.24) is 15.5 Å². The second-order valence-corrected chi connectivity index (χ2v) is 11.5. The molecule has 0 radical (unpaired) electrons. The third-order valence-electron chi connectivity index (χ3n) is 6.63. The Morgan fingerprint density at radius 3 is 2.64 bits per heavy atom. The SMILES string of the molecule is CC(NC(=O)C(F)(F)F)c1cccc(CC(=O)N=C(N)CCC(=N)CCCCc2nnc(NC(=O)CC3=CCCC=C3)s2)c1. The van der Waals surface area contributed by atoms with Crippen molar-refractivity contribution < 1.29 is 27.6 Å². The fourth-order valence-corrected chi connectivity index (χ4v) is 5.13. The summed E-state index contributed by atoms with van der Waals surface area (Å²) in [7, 11) is 0. The minimum absolute atomic E-state index is 0.0981. The number of aromatic nitrogens is 2. The summed E-state index contributed by atoms with van der Waals surface area (Å²) in [5, 5.41) is 22.3. The van der Waals surface area contributed by atoms with Crippen LogP contribution in [0.25, 0.3) is 0 Å². The Morgan fingerprint density at radius 2 is 1.91 bits per heavy atom. The maximum atomic E-state index is 12.5. The first-order valence-corrected chi connectivity index (χ1v) is 15.1. The summed E-state index contributed by atoms with van der Waals surface area (Å²) in [5.74, 6) is -2.58. The highest BCUT2D eigenvalue weighted by atomic mass is 32.1. The van der Waals surface area contributed by atoms with Gasteiger partial charge in [0.15, 0.2) is 0 Å². The number of aryl methyl sites for hydroxylation is 1. The Bertz CT molecular complexity index is 1430. The van der Waals surface area contributed by atoms with Gasteiger partial charge in [0, 0.05) is 18.6 Å². The maximum absolute atomic E-state index is 12.5. The number of benzene rings is 1. The number of alkyl halides is 3. The van der Waals surface area contributed by atoms with E-state index in [0.29, 0.717) is 47.7 Å². The van der Waals surface area contributed by atoms with Crippen LogP contribution < -0.4 is 16.4 Å². The molecule has 1 aromatic carbocycles. The van der Waals surface area contributed by atoms with Crippen molar-refractivity contribution in [2.75, 3.05) is 5.32 Å². The minimum atomic E-state index is -4.99. The molecule has 5 N–H and O–H groups in total. The van der Waals surface area contributed by atoms with Crippen molar-refractivity contribution in [1.29, 1.82) is 5.41 Å². The van der Waals surface area contributed by atoms with Crippen LogP contribution in [0.5, 0.6) is 0 Å². The molecule has 0 fully saturated rings. The van der Waals surface area contributed by atoms with Gasteiger partial charge in [-0.05, 0) is 62.1 Å². The summed E-state index contributed by atoms with van der Waals surface area (Å²) in [5.41, 5.74) is 8.31. The lowest BCUT2D eigenvalue weighted by Gasteiger charge is -2.16. The molecule has 2 aromatic rings. The molecule has 236 valence electrons. The first kappa shape index (κ1) is 34.3. The lowest BCUT2D eigenvalue weighted by Crippen LogP contribution is -2.38. The van der Waals surface area contributed by atoms with E-state index >= 15 is 0 Å². The summed E-state index contributed by atoms with van der Waals surface area (Å²) in [6.07, 6.45) is 6.64. The van der Waals surface area contributed by atoms with Gasteiger partial charge < -0.3 is 21.8 Å². The van der Waals surface area contributed by atoms with Crippen LogP contribution in [0.3, 0.4) is 0 Å². The number of allylic oxidation sites excluding steroid dienone is 3. The second-order valence-electron chi connectivity index (χ2n) is 10.4. The number of carbonyl (C=O) groups excluding carboxylic acids is 3. The van der Waals surface area contributed by atoms with Crippen molar-refractivity contribution in [2.24, 2.45) is 10.7 Å². The Hall–Kier alpha value is -4.20. The molecule has 3 amide bonds. The number of aliphatic imine (C=N–C) groups is 1. The fourth-order valence-electron chi connectivity index (χ4n) is 4.34. The Labute approximate surface area is 257 Å². The summed E-state index contributed by atoms with van der Waals surface area (Å²) >= 11 is 1.34. The van der Waals surface area contributed by atoms with E-state index in [9.17, 15) is 27.6 Å². The number of hydrogen-bond acceptors (Lipinski definition) is 7. The number of nitrogens with zero attached hydrogens (tertiary/aromatic N) is 3.